The van der Waals surface area contributed by atoms with E-state index in [4.69, 9.17) is 9.26 Å². The summed E-state index contributed by atoms with van der Waals surface area (Å²) in [5.41, 5.74) is -1.03. The number of halogens is 1. The predicted molar refractivity (Wildman–Crippen MR) is 121 cm³/mol. The highest BCUT2D eigenvalue weighted by atomic mass is 79.9. The minimum Gasteiger partial charge on any atom is -1.00 e. The Morgan fingerprint density at radius 1 is 1.15 bits per heavy atom. The fourth-order valence-corrected chi connectivity index (χ4v) is 4.32. The second-order valence-electron chi connectivity index (χ2n) is 8.81. The Labute approximate surface area is 208 Å². The summed E-state index contributed by atoms with van der Waals surface area (Å²) in [5, 5.41) is 18.1. The van der Waals surface area contributed by atoms with E-state index in [0.29, 0.717) is 46.7 Å². The van der Waals surface area contributed by atoms with E-state index >= 15 is 0 Å². The van der Waals surface area contributed by atoms with Crippen LogP contribution in [0.1, 0.15) is 23.3 Å². The monoisotopic (exact) mass is 529 g/mol. The summed E-state index contributed by atoms with van der Waals surface area (Å²) in [5.74, 6) is 0.0777. The van der Waals surface area contributed by atoms with E-state index in [9.17, 15) is 14.7 Å². The quantitative estimate of drug-likeness (QED) is 0.319. The number of carbonyl (C=O) groups excluding carboxylic acids is 2. The number of aliphatic hydroxyl groups is 1. The van der Waals surface area contributed by atoms with Gasteiger partial charge in [-0.25, -0.2) is 4.79 Å². The van der Waals surface area contributed by atoms with E-state index in [2.05, 4.69) is 10.5 Å². The number of quaternary nitrogens is 1. The van der Waals surface area contributed by atoms with E-state index in [-0.39, 0.29) is 29.4 Å². The molecule has 0 aliphatic carbocycles. The predicted octanol–water partition coefficient (Wildman–Crippen LogP) is -0.376. The number of esters is 1. The number of hydrogen-bond donors (Lipinski definition) is 2. The Morgan fingerprint density at radius 3 is 2.26 bits per heavy atom. The highest BCUT2D eigenvalue weighted by molar-refractivity contribution is 5.90. The molecule has 0 spiro atoms. The van der Waals surface area contributed by atoms with Crippen LogP contribution in [0.25, 0.3) is 0 Å². The van der Waals surface area contributed by atoms with Crippen LogP contribution in [0, 0.1) is 6.92 Å². The number of benzene rings is 2. The first kappa shape index (κ1) is 25.6. The molecular formula is C25H28BrN3O5. The van der Waals surface area contributed by atoms with Gasteiger partial charge in [0.15, 0.2) is 18.5 Å². The molecule has 0 saturated carbocycles. The number of anilines is 1. The summed E-state index contributed by atoms with van der Waals surface area (Å²) in [6, 6.07) is 19.2. The third-order valence-electron chi connectivity index (χ3n) is 6.01. The highest BCUT2D eigenvalue weighted by Crippen LogP contribution is 2.32. The summed E-state index contributed by atoms with van der Waals surface area (Å²) in [6.45, 7) is 3.10. The van der Waals surface area contributed by atoms with Gasteiger partial charge in [-0.3, -0.25) is 4.79 Å². The third-order valence-corrected chi connectivity index (χ3v) is 6.01. The van der Waals surface area contributed by atoms with Gasteiger partial charge in [0.1, 0.15) is 12.3 Å². The second kappa shape index (κ2) is 10.5. The Hall–Kier alpha value is -3.01. The molecule has 1 aliphatic rings. The summed E-state index contributed by atoms with van der Waals surface area (Å²) in [7, 11) is 1.95. The Morgan fingerprint density at radius 2 is 1.74 bits per heavy atom. The Balaban J connectivity index is 0.00000324. The van der Waals surface area contributed by atoms with Gasteiger partial charge in [0, 0.05) is 12.5 Å². The fraction of sp³-hybridized carbons (Fsp3) is 0.320. The lowest BCUT2D eigenvalue weighted by atomic mass is 9.86. The zero-order valence-electron chi connectivity index (χ0n) is 19.1. The van der Waals surface area contributed by atoms with Gasteiger partial charge in [-0.1, -0.05) is 65.8 Å². The van der Waals surface area contributed by atoms with Crippen LogP contribution >= 0.6 is 0 Å². The molecule has 2 aromatic carbocycles. The van der Waals surface area contributed by atoms with E-state index in [1.54, 1.807) is 61.5 Å². The SMILES string of the molecule is Cc1cc(NC(=O)C[N+]2(C)CC[C@@H](OC(=O)C(O)(c3ccccc3)c3ccccc3)C2)no1.[Br-]. The van der Waals surface area contributed by atoms with Crippen LogP contribution in [-0.2, 0) is 19.9 Å². The molecule has 2 N–H and O–H groups in total. The molecular weight excluding hydrogens is 502 g/mol. The number of aromatic nitrogens is 1. The van der Waals surface area contributed by atoms with Crippen molar-refractivity contribution in [1.29, 1.82) is 0 Å². The molecule has 0 radical (unpaired) electrons. The van der Waals surface area contributed by atoms with Crippen LogP contribution in [0.2, 0.25) is 0 Å². The first-order valence-corrected chi connectivity index (χ1v) is 10.9. The number of carbonyl (C=O) groups is 2. The van der Waals surface area contributed by atoms with Crippen molar-refractivity contribution in [2.45, 2.75) is 25.0 Å². The van der Waals surface area contributed by atoms with E-state index in [0.717, 1.165) is 0 Å². The van der Waals surface area contributed by atoms with Crippen LogP contribution in [0.3, 0.4) is 0 Å². The van der Waals surface area contributed by atoms with Crippen LogP contribution in [-0.4, -0.2) is 59.4 Å². The van der Waals surface area contributed by atoms with Crippen molar-refractivity contribution in [3.8, 4) is 0 Å². The van der Waals surface area contributed by atoms with E-state index in [1.165, 1.54) is 0 Å². The molecule has 2 heterocycles. The maximum atomic E-state index is 13.3. The molecule has 1 unspecified atom stereocenters. The Kier molecular flexibility index (Phi) is 7.91. The van der Waals surface area contributed by atoms with Gasteiger partial charge in [-0.2, -0.15) is 0 Å². The molecule has 34 heavy (non-hydrogen) atoms. The molecule has 1 amide bonds. The molecule has 8 nitrogen and oxygen atoms in total. The number of hydrogen-bond acceptors (Lipinski definition) is 6. The van der Waals surface area contributed by atoms with Crippen molar-refractivity contribution in [3.63, 3.8) is 0 Å². The van der Waals surface area contributed by atoms with Crippen LogP contribution in [0.15, 0.2) is 71.3 Å². The number of ether oxygens (including phenoxy) is 1. The van der Waals surface area contributed by atoms with Crippen molar-refractivity contribution in [2.24, 2.45) is 0 Å². The number of nitrogens with zero attached hydrogens (tertiary/aromatic N) is 2. The number of aryl methyl sites for hydroxylation is 1. The molecule has 3 aromatic rings. The number of likely N-dealkylation sites (N-methyl/N-ethyl adjacent to an activating group) is 1. The van der Waals surface area contributed by atoms with E-state index in [1.807, 2.05) is 19.2 Å². The lowest BCUT2D eigenvalue weighted by molar-refractivity contribution is -0.890. The smallest absolute Gasteiger partial charge is 0.348 e. The minimum atomic E-state index is -1.92. The highest BCUT2D eigenvalue weighted by Gasteiger charge is 2.45. The largest absolute Gasteiger partial charge is 1.00 e. The van der Waals surface area contributed by atoms with Crippen LogP contribution in [0.5, 0.6) is 0 Å². The minimum absolute atomic E-state index is 0. The molecule has 180 valence electrons. The molecule has 1 saturated heterocycles. The van der Waals surface area contributed by atoms with Crippen molar-refractivity contribution in [3.05, 3.63) is 83.6 Å². The first-order chi connectivity index (χ1) is 15.8. The van der Waals surface area contributed by atoms with Gasteiger partial charge in [0.2, 0.25) is 5.60 Å². The second-order valence-corrected chi connectivity index (χ2v) is 8.81. The normalized spacial score (nSPS) is 19.8. The first-order valence-electron chi connectivity index (χ1n) is 10.9. The average molecular weight is 530 g/mol. The number of likely N-dealkylation sites (tertiary alicyclic amines) is 1. The molecule has 1 aromatic heterocycles. The van der Waals surface area contributed by atoms with Crippen LogP contribution < -0.4 is 22.3 Å². The Bertz CT molecular complexity index is 1080. The molecule has 0 bridgehead atoms. The third kappa shape index (κ3) is 5.55. The summed E-state index contributed by atoms with van der Waals surface area (Å²) >= 11 is 0. The van der Waals surface area contributed by atoms with Gasteiger partial charge in [-0.15, -0.1) is 0 Å². The van der Waals surface area contributed by atoms with Gasteiger partial charge < -0.3 is 41.1 Å². The summed E-state index contributed by atoms with van der Waals surface area (Å²) in [4.78, 5) is 25.8. The van der Waals surface area contributed by atoms with Gasteiger partial charge in [-0.05, 0) is 18.1 Å². The number of amides is 1. The van der Waals surface area contributed by atoms with Gasteiger partial charge >= 0.3 is 5.97 Å². The molecule has 9 heteroatoms. The number of rotatable bonds is 7. The maximum Gasteiger partial charge on any atom is 0.348 e. The topological polar surface area (TPSA) is 102 Å². The van der Waals surface area contributed by atoms with Crippen molar-refractivity contribution in [1.82, 2.24) is 5.16 Å². The molecule has 1 aliphatic heterocycles. The average Bonchev–Trinajstić information content (AvgIpc) is 3.38. The van der Waals surface area contributed by atoms with Crippen LogP contribution in [0.4, 0.5) is 5.82 Å². The summed E-state index contributed by atoms with van der Waals surface area (Å²) in [6.07, 6.45) is 0.182. The van der Waals surface area contributed by atoms with E-state index < -0.39 is 17.7 Å². The fourth-order valence-electron chi connectivity index (χ4n) is 4.32. The van der Waals surface area contributed by atoms with Gasteiger partial charge in [0.25, 0.3) is 5.91 Å². The zero-order chi connectivity index (χ0) is 23.5. The van der Waals surface area contributed by atoms with Crippen molar-refractivity contribution in [2.75, 3.05) is 32.0 Å². The van der Waals surface area contributed by atoms with Crippen molar-refractivity contribution >= 4 is 17.7 Å². The lowest BCUT2D eigenvalue weighted by Crippen LogP contribution is -3.00. The lowest BCUT2D eigenvalue weighted by Gasteiger charge is -2.30. The standard InChI is InChI=1S/C25H27N3O5.BrH/c1-18-15-22(27-33-18)26-23(29)17-28(2)14-13-21(16-28)32-24(30)25(31,19-9-5-3-6-10-19)20-11-7-4-8-12-20;/h3-12,15,21,31H,13-14,16-17H2,1-2H3;1H/t21-,28?;/m1./s1. The summed E-state index contributed by atoms with van der Waals surface area (Å²) < 4.78 is 11.2. The van der Waals surface area contributed by atoms with Crippen molar-refractivity contribution < 1.29 is 45.4 Å². The maximum absolute atomic E-state index is 13.3. The molecule has 4 rings (SSSR count). The molecule has 1 fully saturated rings. The van der Waals surface area contributed by atoms with Gasteiger partial charge in [0.05, 0.1) is 13.6 Å². The molecule has 2 atom stereocenters. The zero-order valence-corrected chi connectivity index (χ0v) is 20.7. The number of nitrogens with one attached hydrogen (secondary N) is 1.